The molecule has 0 atom stereocenters. The third-order valence-corrected chi connectivity index (χ3v) is 6.12. The van der Waals surface area contributed by atoms with Gasteiger partial charge in [0.2, 0.25) is 5.95 Å². The molecule has 184 valence electrons. The molecule has 2 aliphatic rings. The van der Waals surface area contributed by atoms with E-state index >= 15 is 0 Å². The first-order valence-electron chi connectivity index (χ1n) is 12.4. The fraction of sp³-hybridized carbons (Fsp3) is 0.310. The number of anilines is 2. The van der Waals surface area contributed by atoms with Crippen LogP contribution >= 0.6 is 0 Å². The van der Waals surface area contributed by atoms with Crippen LogP contribution < -0.4 is 10.1 Å². The van der Waals surface area contributed by atoms with Crippen molar-refractivity contribution in [3.05, 3.63) is 84.6 Å². The van der Waals surface area contributed by atoms with Crippen molar-refractivity contribution in [2.45, 2.75) is 20.3 Å². The van der Waals surface area contributed by atoms with Crippen molar-refractivity contribution in [3.63, 3.8) is 0 Å². The number of aromatic nitrogens is 2. The van der Waals surface area contributed by atoms with Crippen LogP contribution in [0.2, 0.25) is 0 Å². The summed E-state index contributed by atoms with van der Waals surface area (Å²) < 4.78 is 5.93. The van der Waals surface area contributed by atoms with Crippen molar-refractivity contribution < 1.29 is 6.16 Å². The van der Waals surface area contributed by atoms with Gasteiger partial charge in [0.1, 0.15) is 12.4 Å². The fourth-order valence-electron chi connectivity index (χ4n) is 4.19. The van der Waals surface area contributed by atoms with Crippen LogP contribution in [0, 0.1) is 0 Å². The standard InChI is InChI=1S/C27H29N5O.C2H6.H2/c1-20(32-13-11-31(2)12-14-32)23-16-21-6-3-4-15-33-25-8-5-7-22(19-25)26-9-10-28-27(30-26)29-24(17-21)18-23;1-2;/h3-5,7-10,16-19H,1,6,11-15H2,2H3,(H,28,29,30);1-2H3;1H/b4-3+;;. The lowest BCUT2D eigenvalue weighted by Gasteiger charge is -2.35. The number of nitrogens with zero attached hydrogens (tertiary/aromatic N) is 4. The molecular weight excluding hydrogens is 434 g/mol. The molecule has 2 aliphatic heterocycles. The van der Waals surface area contributed by atoms with Crippen LogP contribution in [0.3, 0.4) is 0 Å². The van der Waals surface area contributed by atoms with Gasteiger partial charge in [-0.2, -0.15) is 0 Å². The molecule has 3 heterocycles. The Hall–Kier alpha value is -3.64. The lowest BCUT2D eigenvalue weighted by atomic mass is 10.0. The predicted molar refractivity (Wildman–Crippen MR) is 147 cm³/mol. The third kappa shape index (κ3) is 6.28. The number of ether oxygens (including phenoxy) is 1. The van der Waals surface area contributed by atoms with E-state index in [1.54, 1.807) is 6.20 Å². The number of allylic oxidation sites excluding steroid dienone is 1. The Morgan fingerprint density at radius 1 is 1.03 bits per heavy atom. The van der Waals surface area contributed by atoms with Gasteiger partial charge >= 0.3 is 0 Å². The average molecular weight is 472 g/mol. The van der Waals surface area contributed by atoms with E-state index in [4.69, 9.17) is 9.72 Å². The van der Waals surface area contributed by atoms with E-state index in [0.29, 0.717) is 12.6 Å². The molecular formula is C29H37N5O. The largest absolute Gasteiger partial charge is 0.490 e. The summed E-state index contributed by atoms with van der Waals surface area (Å²) in [5, 5.41) is 3.42. The molecule has 0 spiro atoms. The molecule has 1 fully saturated rings. The van der Waals surface area contributed by atoms with Gasteiger partial charge in [0.05, 0.1) is 5.69 Å². The number of likely N-dealkylation sites (N-methyl/N-ethyl adjacent to an activating group) is 1. The first kappa shape index (κ1) is 24.5. The van der Waals surface area contributed by atoms with E-state index in [2.05, 4.69) is 64.1 Å². The Morgan fingerprint density at radius 2 is 1.86 bits per heavy atom. The Balaban J connectivity index is 0.00000117. The smallest absolute Gasteiger partial charge is 0.227 e. The van der Waals surface area contributed by atoms with E-state index in [1.807, 2.05) is 44.2 Å². The molecule has 35 heavy (non-hydrogen) atoms. The van der Waals surface area contributed by atoms with Crippen LogP contribution in [-0.2, 0) is 6.42 Å². The molecule has 6 bridgehead atoms. The minimum atomic E-state index is 0. The number of hydrogen-bond acceptors (Lipinski definition) is 6. The van der Waals surface area contributed by atoms with E-state index in [-0.39, 0.29) is 1.43 Å². The lowest BCUT2D eigenvalue weighted by Crippen LogP contribution is -2.43. The summed E-state index contributed by atoms with van der Waals surface area (Å²) in [5.74, 6) is 1.39. The van der Waals surface area contributed by atoms with Gasteiger partial charge in [0.25, 0.3) is 0 Å². The van der Waals surface area contributed by atoms with Crippen molar-refractivity contribution in [1.82, 2.24) is 19.8 Å². The van der Waals surface area contributed by atoms with Gasteiger partial charge in [0, 0.05) is 50.8 Å². The van der Waals surface area contributed by atoms with Crippen LogP contribution in [0.1, 0.15) is 26.4 Å². The zero-order valence-electron chi connectivity index (χ0n) is 21.0. The minimum Gasteiger partial charge on any atom is -0.490 e. The van der Waals surface area contributed by atoms with Crippen LogP contribution in [0.4, 0.5) is 11.6 Å². The first-order chi connectivity index (χ1) is 17.1. The second kappa shape index (κ2) is 11.7. The fourth-order valence-corrected chi connectivity index (χ4v) is 4.19. The molecule has 3 aromatic rings. The summed E-state index contributed by atoms with van der Waals surface area (Å²) in [6.45, 7) is 13.0. The molecule has 0 unspecified atom stereocenters. The zero-order chi connectivity index (χ0) is 24.6. The van der Waals surface area contributed by atoms with Crippen molar-refractivity contribution >= 4 is 17.3 Å². The zero-order valence-corrected chi connectivity index (χ0v) is 21.0. The maximum absolute atomic E-state index is 5.93. The van der Waals surface area contributed by atoms with Crippen molar-refractivity contribution in [3.8, 4) is 17.0 Å². The van der Waals surface area contributed by atoms with Crippen molar-refractivity contribution in [2.24, 2.45) is 0 Å². The molecule has 1 saturated heterocycles. The van der Waals surface area contributed by atoms with Gasteiger partial charge < -0.3 is 19.9 Å². The molecule has 0 radical (unpaired) electrons. The highest BCUT2D eigenvalue weighted by atomic mass is 16.5. The number of nitrogens with one attached hydrogen (secondary N) is 1. The van der Waals surface area contributed by atoms with Crippen molar-refractivity contribution in [2.75, 3.05) is 45.2 Å². The summed E-state index contributed by atoms with van der Waals surface area (Å²) in [6.07, 6.45) is 6.82. The van der Waals surface area contributed by atoms with Crippen molar-refractivity contribution in [1.29, 1.82) is 0 Å². The monoisotopic (exact) mass is 471 g/mol. The quantitative estimate of drug-likeness (QED) is 0.472. The molecule has 5 rings (SSSR count). The third-order valence-electron chi connectivity index (χ3n) is 6.12. The molecule has 0 aliphatic carbocycles. The van der Waals surface area contributed by atoms with Gasteiger partial charge in [-0.15, -0.1) is 0 Å². The van der Waals surface area contributed by atoms with E-state index in [9.17, 15) is 0 Å². The number of rotatable bonds is 2. The molecule has 1 N–H and O–H groups in total. The van der Waals surface area contributed by atoms with E-state index in [1.165, 1.54) is 5.56 Å². The molecule has 0 amide bonds. The van der Waals surface area contributed by atoms with Gasteiger partial charge in [-0.1, -0.05) is 44.7 Å². The second-order valence-electron chi connectivity index (χ2n) is 8.56. The minimum absolute atomic E-state index is 0. The molecule has 1 aromatic heterocycles. The van der Waals surface area contributed by atoms with Crippen LogP contribution in [0.15, 0.2) is 73.5 Å². The molecule has 2 aromatic carbocycles. The Bertz CT molecular complexity index is 1190. The van der Waals surface area contributed by atoms with Crippen LogP contribution in [0.5, 0.6) is 5.75 Å². The summed E-state index contributed by atoms with van der Waals surface area (Å²) in [5.41, 5.74) is 6.19. The normalized spacial score (nSPS) is 16.4. The Morgan fingerprint density at radius 3 is 2.69 bits per heavy atom. The maximum Gasteiger partial charge on any atom is 0.227 e. The highest BCUT2D eigenvalue weighted by Crippen LogP contribution is 2.27. The number of benzene rings is 2. The van der Waals surface area contributed by atoms with Gasteiger partial charge in [0.15, 0.2) is 0 Å². The molecule has 6 nitrogen and oxygen atoms in total. The number of fused-ring (bicyclic) bond motifs is 7. The van der Waals surface area contributed by atoms with Crippen LogP contribution in [0.25, 0.3) is 17.0 Å². The highest BCUT2D eigenvalue weighted by Gasteiger charge is 2.17. The van der Waals surface area contributed by atoms with E-state index < -0.39 is 0 Å². The Kier molecular flexibility index (Phi) is 8.16. The summed E-state index contributed by atoms with van der Waals surface area (Å²) >= 11 is 0. The van der Waals surface area contributed by atoms with Gasteiger partial charge in [-0.3, -0.25) is 0 Å². The van der Waals surface area contributed by atoms with Gasteiger partial charge in [-0.25, -0.2) is 9.97 Å². The number of hydrogen-bond donors (Lipinski definition) is 1. The lowest BCUT2D eigenvalue weighted by molar-refractivity contribution is 0.207. The first-order valence-corrected chi connectivity index (χ1v) is 12.4. The number of piperazine rings is 1. The summed E-state index contributed by atoms with van der Waals surface area (Å²) in [4.78, 5) is 13.9. The summed E-state index contributed by atoms with van der Waals surface area (Å²) in [6, 6.07) is 16.4. The molecule has 0 saturated carbocycles. The topological polar surface area (TPSA) is 53.5 Å². The predicted octanol–water partition coefficient (Wildman–Crippen LogP) is 5.87. The van der Waals surface area contributed by atoms with Gasteiger partial charge in [-0.05, 0) is 61.0 Å². The molecule has 6 heteroatoms. The average Bonchev–Trinajstić information content (AvgIpc) is 2.89. The SMILES string of the molecule is C=C(c1cc2cc(c1)Nc1nccc(n1)-c1cccc(c1)OC/C=C/C2)N1CCN(C)CC1.CC.[HH]. The maximum atomic E-state index is 5.93. The summed E-state index contributed by atoms with van der Waals surface area (Å²) in [7, 11) is 2.17. The Labute approximate surface area is 210 Å². The van der Waals surface area contributed by atoms with Crippen LogP contribution in [-0.4, -0.2) is 59.6 Å². The highest BCUT2D eigenvalue weighted by molar-refractivity contribution is 5.70. The van der Waals surface area contributed by atoms with E-state index in [0.717, 1.165) is 66.6 Å². The second-order valence-corrected chi connectivity index (χ2v) is 8.56.